The van der Waals surface area contributed by atoms with Gasteiger partial charge in [0.25, 0.3) is 0 Å². The van der Waals surface area contributed by atoms with Crippen molar-refractivity contribution >= 4 is 21.4 Å². The molecule has 0 N–H and O–H groups in total. The fourth-order valence-electron chi connectivity index (χ4n) is 1.33. The van der Waals surface area contributed by atoms with Gasteiger partial charge in [0.15, 0.2) is 0 Å². The Labute approximate surface area is 85.7 Å². The number of pyridine rings is 1. The summed E-state index contributed by atoms with van der Waals surface area (Å²) in [6, 6.07) is 4.23. The molecule has 2 heterocycles. The molecule has 2 nitrogen and oxygen atoms in total. The van der Waals surface area contributed by atoms with Crippen molar-refractivity contribution in [1.82, 2.24) is 9.38 Å². The van der Waals surface area contributed by atoms with Crippen LogP contribution in [0.1, 0.15) is 25.3 Å². The molecule has 0 aliphatic carbocycles. The number of rotatable bonds is 1. The highest BCUT2D eigenvalue weighted by Crippen LogP contribution is 2.19. The van der Waals surface area contributed by atoms with Crippen LogP contribution in [-0.4, -0.2) is 9.38 Å². The number of fused-ring (bicyclic) bond motifs is 1. The first-order valence-corrected chi connectivity index (χ1v) is 5.10. The van der Waals surface area contributed by atoms with Gasteiger partial charge >= 0.3 is 0 Å². The van der Waals surface area contributed by atoms with E-state index in [4.69, 9.17) is 0 Å². The van der Waals surface area contributed by atoms with Crippen LogP contribution in [-0.2, 0) is 0 Å². The maximum absolute atomic E-state index is 4.18. The Morgan fingerprint density at radius 1 is 1.38 bits per heavy atom. The highest BCUT2D eigenvalue weighted by molar-refractivity contribution is 9.10. The third kappa shape index (κ3) is 1.48. The molecular formula is C10H11BrN2. The molecule has 0 fully saturated rings. The van der Waals surface area contributed by atoms with E-state index in [1.165, 1.54) is 5.56 Å². The van der Waals surface area contributed by atoms with Gasteiger partial charge in [-0.05, 0) is 33.5 Å². The average Bonchev–Trinajstić information content (AvgIpc) is 2.47. The molecule has 68 valence electrons. The summed E-state index contributed by atoms with van der Waals surface area (Å²) in [5.74, 6) is 0.561. The summed E-state index contributed by atoms with van der Waals surface area (Å²) in [5.41, 5.74) is 2.45. The third-order valence-corrected chi connectivity index (χ3v) is 2.78. The summed E-state index contributed by atoms with van der Waals surface area (Å²) >= 11 is 3.40. The van der Waals surface area contributed by atoms with Crippen molar-refractivity contribution in [3.63, 3.8) is 0 Å². The topological polar surface area (TPSA) is 17.3 Å². The third-order valence-electron chi connectivity index (χ3n) is 2.17. The quantitative estimate of drug-likeness (QED) is 0.746. The molecule has 0 atom stereocenters. The monoisotopic (exact) mass is 238 g/mol. The molecule has 0 aliphatic rings. The molecule has 0 amide bonds. The van der Waals surface area contributed by atoms with Crippen LogP contribution >= 0.6 is 15.9 Å². The summed E-state index contributed by atoms with van der Waals surface area (Å²) in [5, 5.41) is 0. The highest BCUT2D eigenvalue weighted by atomic mass is 79.9. The largest absolute Gasteiger partial charge is 0.305 e. The Morgan fingerprint density at radius 3 is 2.85 bits per heavy atom. The minimum atomic E-state index is 0.561. The maximum Gasteiger partial charge on any atom is 0.131 e. The fourth-order valence-corrected chi connectivity index (χ4v) is 1.75. The van der Waals surface area contributed by atoms with E-state index in [1.54, 1.807) is 0 Å². The van der Waals surface area contributed by atoms with Crippen LogP contribution in [0.3, 0.4) is 0 Å². The van der Waals surface area contributed by atoms with E-state index < -0.39 is 0 Å². The Morgan fingerprint density at radius 2 is 2.15 bits per heavy atom. The summed E-state index contributed by atoms with van der Waals surface area (Å²) in [6.45, 7) is 4.38. The first-order chi connectivity index (χ1) is 6.18. The van der Waals surface area contributed by atoms with Crippen molar-refractivity contribution in [2.75, 3.05) is 0 Å². The first-order valence-electron chi connectivity index (χ1n) is 4.30. The van der Waals surface area contributed by atoms with Crippen LogP contribution in [0.5, 0.6) is 0 Å². The minimum absolute atomic E-state index is 0.561. The molecular weight excluding hydrogens is 228 g/mol. The standard InChI is InChI=1S/C10H11BrN2/c1-7(2)8-3-4-9-10(11)12-6-13(9)5-8/h3-7H,1-2H3. The molecule has 0 radical (unpaired) electrons. The molecule has 0 aromatic carbocycles. The summed E-state index contributed by atoms with van der Waals surface area (Å²) in [4.78, 5) is 4.18. The highest BCUT2D eigenvalue weighted by Gasteiger charge is 2.03. The van der Waals surface area contributed by atoms with E-state index >= 15 is 0 Å². The number of nitrogens with zero attached hydrogens (tertiary/aromatic N) is 2. The lowest BCUT2D eigenvalue weighted by Crippen LogP contribution is -1.90. The summed E-state index contributed by atoms with van der Waals surface area (Å²) in [7, 11) is 0. The molecule has 0 spiro atoms. The van der Waals surface area contributed by atoms with Gasteiger partial charge in [0.05, 0.1) is 5.52 Å². The first kappa shape index (κ1) is 8.75. The van der Waals surface area contributed by atoms with Crippen molar-refractivity contribution in [3.05, 3.63) is 34.8 Å². The lowest BCUT2D eigenvalue weighted by atomic mass is 10.1. The average molecular weight is 239 g/mol. The van der Waals surface area contributed by atoms with Gasteiger partial charge in [-0.25, -0.2) is 4.98 Å². The number of hydrogen-bond acceptors (Lipinski definition) is 1. The molecule has 2 aromatic heterocycles. The van der Waals surface area contributed by atoms with E-state index in [1.807, 2.05) is 10.7 Å². The molecule has 0 bridgehead atoms. The Kier molecular flexibility index (Phi) is 2.12. The maximum atomic E-state index is 4.18. The zero-order valence-corrected chi connectivity index (χ0v) is 9.25. The van der Waals surface area contributed by atoms with Gasteiger partial charge in [0.2, 0.25) is 0 Å². The molecule has 0 saturated carbocycles. The number of aromatic nitrogens is 2. The van der Waals surface area contributed by atoms with E-state index in [0.29, 0.717) is 5.92 Å². The second kappa shape index (κ2) is 3.14. The lowest BCUT2D eigenvalue weighted by Gasteiger charge is -2.05. The van der Waals surface area contributed by atoms with Gasteiger partial charge < -0.3 is 4.40 Å². The van der Waals surface area contributed by atoms with Gasteiger partial charge in [-0.3, -0.25) is 0 Å². The molecule has 2 rings (SSSR count). The smallest absolute Gasteiger partial charge is 0.131 e. The zero-order valence-electron chi connectivity index (χ0n) is 7.66. The normalized spacial score (nSPS) is 11.4. The number of imidazole rings is 1. The van der Waals surface area contributed by atoms with Crippen LogP contribution in [0, 0.1) is 0 Å². The van der Waals surface area contributed by atoms with Crippen molar-refractivity contribution in [2.45, 2.75) is 19.8 Å². The van der Waals surface area contributed by atoms with Gasteiger partial charge in [0.1, 0.15) is 10.9 Å². The molecule has 0 aliphatic heterocycles. The predicted octanol–water partition coefficient (Wildman–Crippen LogP) is 3.22. The molecule has 0 saturated heterocycles. The van der Waals surface area contributed by atoms with E-state index in [2.05, 4.69) is 53.1 Å². The zero-order chi connectivity index (χ0) is 9.42. The summed E-state index contributed by atoms with van der Waals surface area (Å²) in [6.07, 6.45) is 3.95. The van der Waals surface area contributed by atoms with E-state index in [-0.39, 0.29) is 0 Å². The minimum Gasteiger partial charge on any atom is -0.305 e. The van der Waals surface area contributed by atoms with Gasteiger partial charge in [-0.15, -0.1) is 0 Å². The van der Waals surface area contributed by atoms with Crippen molar-refractivity contribution in [1.29, 1.82) is 0 Å². The molecule has 0 unspecified atom stereocenters. The van der Waals surface area contributed by atoms with Crippen LogP contribution in [0.4, 0.5) is 0 Å². The van der Waals surface area contributed by atoms with E-state index in [0.717, 1.165) is 10.1 Å². The van der Waals surface area contributed by atoms with Gasteiger partial charge in [0, 0.05) is 6.20 Å². The van der Waals surface area contributed by atoms with Crippen LogP contribution < -0.4 is 0 Å². The Balaban J connectivity index is 2.63. The number of halogens is 1. The van der Waals surface area contributed by atoms with Crippen LogP contribution in [0.15, 0.2) is 29.3 Å². The van der Waals surface area contributed by atoms with Crippen LogP contribution in [0.25, 0.3) is 5.52 Å². The number of hydrogen-bond donors (Lipinski definition) is 0. The van der Waals surface area contributed by atoms with E-state index in [9.17, 15) is 0 Å². The SMILES string of the molecule is CC(C)c1ccc2c(Br)ncn2c1. The van der Waals surface area contributed by atoms with Crippen molar-refractivity contribution in [3.8, 4) is 0 Å². The second-order valence-electron chi connectivity index (χ2n) is 3.45. The lowest BCUT2D eigenvalue weighted by molar-refractivity contribution is 0.853. The van der Waals surface area contributed by atoms with Crippen molar-refractivity contribution < 1.29 is 0 Å². The predicted molar refractivity (Wildman–Crippen MR) is 57.0 cm³/mol. The molecule has 3 heteroatoms. The second-order valence-corrected chi connectivity index (χ2v) is 4.20. The molecule has 13 heavy (non-hydrogen) atoms. The van der Waals surface area contributed by atoms with Gasteiger partial charge in [-0.1, -0.05) is 19.9 Å². The Bertz CT molecular complexity index is 431. The van der Waals surface area contributed by atoms with Crippen molar-refractivity contribution in [2.24, 2.45) is 0 Å². The van der Waals surface area contributed by atoms with Crippen LogP contribution in [0.2, 0.25) is 0 Å². The Hall–Kier alpha value is -0.830. The van der Waals surface area contributed by atoms with Gasteiger partial charge in [-0.2, -0.15) is 0 Å². The summed E-state index contributed by atoms with van der Waals surface area (Å²) < 4.78 is 2.95. The molecule has 2 aromatic rings. The fraction of sp³-hybridized carbons (Fsp3) is 0.300.